The first-order valence-corrected chi connectivity index (χ1v) is 3.36. The van der Waals surface area contributed by atoms with Crippen LogP contribution in [0.15, 0.2) is 12.7 Å². The zero-order valence-corrected chi connectivity index (χ0v) is 7.39. The molecule has 0 rings (SSSR count). The Balaban J connectivity index is 2.98. The van der Waals surface area contributed by atoms with Gasteiger partial charge >= 0.3 is 0 Å². The summed E-state index contributed by atoms with van der Waals surface area (Å²) in [5.41, 5.74) is 0. The molecule has 0 amide bonds. The summed E-state index contributed by atoms with van der Waals surface area (Å²) in [5.74, 6) is 0. The molecule has 1 unspecified atom stereocenters. The van der Waals surface area contributed by atoms with E-state index < -0.39 is 0 Å². The maximum absolute atomic E-state index is 5.03. The van der Waals surface area contributed by atoms with Gasteiger partial charge in [0.05, 0.1) is 6.10 Å². The lowest BCUT2D eigenvalue weighted by molar-refractivity contribution is -0.00404. The Morgan fingerprint density at radius 1 is 1.88 bits per heavy atom. The van der Waals surface area contributed by atoms with E-state index in [1.54, 1.807) is 6.08 Å². The zero-order valence-electron chi connectivity index (χ0n) is 5.39. The average molecular weight is 132 g/mol. The highest BCUT2D eigenvalue weighted by molar-refractivity contribution is 5.97. The Labute approximate surface area is 53.0 Å². The van der Waals surface area contributed by atoms with Crippen molar-refractivity contribution in [1.82, 2.24) is 0 Å². The molecule has 2 nitrogen and oxygen atoms in total. The first kappa shape index (κ1) is 7.88. The van der Waals surface area contributed by atoms with Gasteiger partial charge < -0.3 is 9.16 Å². The van der Waals surface area contributed by atoms with Crippen LogP contribution in [-0.2, 0) is 9.16 Å². The molecule has 0 N–H and O–H groups in total. The third kappa shape index (κ3) is 4.05. The van der Waals surface area contributed by atoms with Crippen molar-refractivity contribution in [2.75, 3.05) is 6.79 Å². The Morgan fingerprint density at radius 2 is 2.50 bits per heavy atom. The Morgan fingerprint density at radius 3 is 2.88 bits per heavy atom. The molecule has 8 heavy (non-hydrogen) atoms. The molecule has 1 atom stereocenters. The Kier molecular flexibility index (Phi) is 4.95. The van der Waals surface area contributed by atoms with E-state index in [-0.39, 0.29) is 6.10 Å². The van der Waals surface area contributed by atoms with Gasteiger partial charge in [-0.2, -0.15) is 0 Å². The molecular formula is C5H12O2Si. The van der Waals surface area contributed by atoms with Crippen molar-refractivity contribution in [2.24, 2.45) is 0 Å². The van der Waals surface area contributed by atoms with Crippen LogP contribution in [0.2, 0.25) is 0 Å². The van der Waals surface area contributed by atoms with E-state index in [0.717, 1.165) is 10.5 Å². The molecule has 0 heterocycles. The molecule has 3 heteroatoms. The minimum absolute atomic E-state index is 0.115. The summed E-state index contributed by atoms with van der Waals surface area (Å²) in [4.78, 5) is 0. The normalized spacial score (nSPS) is 13.6. The standard InChI is InChI=1S/C5H12O2Si/c1-3-5(2)6-4-7-8/h3,5H,1,4H2,2,8H3. The van der Waals surface area contributed by atoms with Crippen molar-refractivity contribution in [2.45, 2.75) is 13.0 Å². The van der Waals surface area contributed by atoms with E-state index in [4.69, 9.17) is 9.16 Å². The molecule has 0 aromatic rings. The largest absolute Gasteiger partial charge is 0.406 e. The molecule has 0 aromatic heterocycles. The topological polar surface area (TPSA) is 18.5 Å². The van der Waals surface area contributed by atoms with Gasteiger partial charge in [0.1, 0.15) is 17.3 Å². The van der Waals surface area contributed by atoms with Gasteiger partial charge in [-0.15, -0.1) is 6.58 Å². The van der Waals surface area contributed by atoms with Gasteiger partial charge in [0, 0.05) is 0 Å². The van der Waals surface area contributed by atoms with E-state index in [0.29, 0.717) is 6.79 Å². The summed E-state index contributed by atoms with van der Waals surface area (Å²) < 4.78 is 9.82. The highest BCUT2D eigenvalue weighted by Gasteiger charge is 1.90. The second kappa shape index (κ2) is 5.02. The van der Waals surface area contributed by atoms with Crippen molar-refractivity contribution in [3.63, 3.8) is 0 Å². The summed E-state index contributed by atoms with van der Waals surface area (Å²) >= 11 is 0. The summed E-state index contributed by atoms with van der Waals surface area (Å²) in [6.45, 7) is 5.87. The first-order valence-electron chi connectivity index (χ1n) is 2.54. The molecular weight excluding hydrogens is 120 g/mol. The highest BCUT2D eigenvalue weighted by atomic mass is 28.2. The summed E-state index contributed by atoms with van der Waals surface area (Å²) in [6.07, 6.45) is 1.85. The van der Waals surface area contributed by atoms with Crippen LogP contribution in [0.25, 0.3) is 0 Å². The van der Waals surface area contributed by atoms with Crippen LogP contribution in [-0.4, -0.2) is 23.4 Å². The lowest BCUT2D eigenvalue weighted by Crippen LogP contribution is -2.06. The van der Waals surface area contributed by atoms with Gasteiger partial charge in [0.2, 0.25) is 0 Å². The van der Waals surface area contributed by atoms with Gasteiger partial charge in [-0.3, -0.25) is 0 Å². The fourth-order valence-corrected chi connectivity index (χ4v) is 0.379. The number of hydrogen-bond acceptors (Lipinski definition) is 2. The van der Waals surface area contributed by atoms with Crippen LogP contribution < -0.4 is 0 Å². The monoisotopic (exact) mass is 132 g/mol. The molecule has 0 bridgehead atoms. The number of ether oxygens (including phenoxy) is 1. The fraction of sp³-hybridized carbons (Fsp3) is 0.600. The maximum atomic E-state index is 5.03. The van der Waals surface area contributed by atoms with E-state index in [2.05, 4.69) is 6.58 Å². The molecule has 0 aliphatic carbocycles. The average Bonchev–Trinajstić information content (AvgIpc) is 1.83. The van der Waals surface area contributed by atoms with E-state index >= 15 is 0 Å². The third-order valence-corrected chi connectivity index (χ3v) is 1.02. The van der Waals surface area contributed by atoms with Crippen LogP contribution in [0.5, 0.6) is 0 Å². The highest BCUT2D eigenvalue weighted by Crippen LogP contribution is 1.88. The molecule has 0 saturated carbocycles. The maximum Gasteiger partial charge on any atom is 0.149 e. The summed E-state index contributed by atoms with van der Waals surface area (Å²) in [7, 11) is 0.738. The Bertz CT molecular complexity index is 65.4. The quantitative estimate of drug-likeness (QED) is 0.300. The minimum atomic E-state index is 0.115. The Hall–Kier alpha value is -0.123. The van der Waals surface area contributed by atoms with Crippen LogP contribution >= 0.6 is 0 Å². The van der Waals surface area contributed by atoms with Crippen LogP contribution in [0.3, 0.4) is 0 Å². The zero-order chi connectivity index (χ0) is 6.41. The molecule has 48 valence electrons. The van der Waals surface area contributed by atoms with Crippen molar-refractivity contribution < 1.29 is 9.16 Å². The molecule has 0 spiro atoms. The predicted octanol–water partition coefficient (Wildman–Crippen LogP) is -0.168. The summed E-state index contributed by atoms with van der Waals surface area (Å²) in [6, 6.07) is 0. The molecule has 0 saturated heterocycles. The lowest BCUT2D eigenvalue weighted by Gasteiger charge is -2.05. The first-order chi connectivity index (χ1) is 3.81. The third-order valence-electron chi connectivity index (χ3n) is 0.781. The van der Waals surface area contributed by atoms with E-state index in [1.165, 1.54) is 0 Å². The summed E-state index contributed by atoms with van der Waals surface area (Å²) in [5, 5.41) is 0. The molecule has 0 aromatic carbocycles. The van der Waals surface area contributed by atoms with Crippen molar-refractivity contribution in [3.05, 3.63) is 12.7 Å². The van der Waals surface area contributed by atoms with Gasteiger partial charge in [0.15, 0.2) is 0 Å². The molecule has 0 radical (unpaired) electrons. The van der Waals surface area contributed by atoms with Crippen molar-refractivity contribution in [3.8, 4) is 0 Å². The SMILES string of the molecule is C=CC(C)OCO[SiH3]. The molecule has 0 fully saturated rings. The van der Waals surface area contributed by atoms with Crippen molar-refractivity contribution in [1.29, 1.82) is 0 Å². The van der Waals surface area contributed by atoms with Gasteiger partial charge in [-0.1, -0.05) is 6.08 Å². The lowest BCUT2D eigenvalue weighted by atomic mass is 10.4. The van der Waals surface area contributed by atoms with E-state index in [1.807, 2.05) is 6.92 Å². The van der Waals surface area contributed by atoms with Crippen LogP contribution in [0.4, 0.5) is 0 Å². The van der Waals surface area contributed by atoms with E-state index in [9.17, 15) is 0 Å². The minimum Gasteiger partial charge on any atom is -0.406 e. The second-order valence-corrected chi connectivity index (χ2v) is 2.09. The van der Waals surface area contributed by atoms with Gasteiger partial charge in [-0.25, -0.2) is 0 Å². The van der Waals surface area contributed by atoms with Gasteiger partial charge in [-0.05, 0) is 6.92 Å². The smallest absolute Gasteiger partial charge is 0.149 e. The number of hydrogen-bond donors (Lipinski definition) is 0. The van der Waals surface area contributed by atoms with Crippen LogP contribution in [0, 0.1) is 0 Å². The van der Waals surface area contributed by atoms with Crippen LogP contribution in [0.1, 0.15) is 6.92 Å². The fourth-order valence-electron chi connectivity index (χ4n) is 0.243. The second-order valence-electron chi connectivity index (χ2n) is 1.51. The van der Waals surface area contributed by atoms with Crippen molar-refractivity contribution >= 4 is 10.5 Å². The number of rotatable bonds is 4. The predicted molar refractivity (Wildman–Crippen MR) is 36.6 cm³/mol. The molecule has 0 aliphatic rings. The molecule has 0 aliphatic heterocycles. The van der Waals surface area contributed by atoms with Gasteiger partial charge in [0.25, 0.3) is 0 Å².